The largest absolute Gasteiger partial charge is 0.397 e. The smallest absolute Gasteiger partial charge is 0.156 e. The number of halogens is 2. The van der Waals surface area contributed by atoms with Gasteiger partial charge in [0.1, 0.15) is 5.15 Å². The molecule has 1 fully saturated rings. The number of aromatic nitrogens is 1. The third kappa shape index (κ3) is 3.67. The zero-order valence-electron chi connectivity index (χ0n) is 11.4. The normalized spacial score (nSPS) is 25.1. The van der Waals surface area contributed by atoms with Crippen LogP contribution in [-0.4, -0.2) is 11.0 Å². The first kappa shape index (κ1) is 14.7. The fourth-order valence-corrected chi connectivity index (χ4v) is 3.28. The molecular formula is C14H21Cl2N3. The first-order valence-corrected chi connectivity index (χ1v) is 7.61. The van der Waals surface area contributed by atoms with Crippen molar-refractivity contribution >= 4 is 34.6 Å². The fourth-order valence-electron chi connectivity index (χ4n) is 2.78. The molecule has 0 radical (unpaired) electrons. The highest BCUT2D eigenvalue weighted by molar-refractivity contribution is 6.35. The monoisotopic (exact) mass is 301 g/mol. The van der Waals surface area contributed by atoms with E-state index in [1.54, 1.807) is 6.07 Å². The van der Waals surface area contributed by atoms with E-state index in [0.29, 0.717) is 33.6 Å². The average Bonchev–Trinajstić information content (AvgIpc) is 2.34. The van der Waals surface area contributed by atoms with Crippen molar-refractivity contribution in [2.45, 2.75) is 45.6 Å². The molecule has 1 aliphatic rings. The van der Waals surface area contributed by atoms with Crippen LogP contribution in [0, 0.1) is 11.8 Å². The average molecular weight is 302 g/mol. The lowest BCUT2D eigenvalue weighted by molar-refractivity contribution is 0.270. The van der Waals surface area contributed by atoms with Crippen molar-refractivity contribution in [3.63, 3.8) is 0 Å². The molecule has 0 saturated heterocycles. The van der Waals surface area contributed by atoms with Crippen LogP contribution in [0.25, 0.3) is 0 Å². The highest BCUT2D eigenvalue weighted by Crippen LogP contribution is 2.34. The van der Waals surface area contributed by atoms with Crippen LogP contribution in [0.5, 0.6) is 0 Å². The molecule has 1 aromatic rings. The van der Waals surface area contributed by atoms with E-state index >= 15 is 0 Å². The van der Waals surface area contributed by atoms with Crippen molar-refractivity contribution < 1.29 is 0 Å². The van der Waals surface area contributed by atoms with E-state index in [4.69, 9.17) is 28.9 Å². The number of nitrogens with zero attached hydrogens (tertiary/aromatic N) is 1. The number of nitrogens with two attached hydrogens (primary N) is 1. The zero-order valence-corrected chi connectivity index (χ0v) is 12.9. The summed E-state index contributed by atoms with van der Waals surface area (Å²) >= 11 is 11.9. The molecule has 0 aromatic carbocycles. The third-order valence-corrected chi connectivity index (χ3v) is 4.58. The molecule has 1 atom stereocenters. The van der Waals surface area contributed by atoms with Gasteiger partial charge in [-0.1, -0.05) is 43.0 Å². The lowest BCUT2D eigenvalue weighted by Gasteiger charge is -2.32. The van der Waals surface area contributed by atoms with Crippen LogP contribution in [-0.2, 0) is 0 Å². The molecule has 1 heterocycles. The number of anilines is 2. The molecule has 5 heteroatoms. The molecule has 1 aliphatic carbocycles. The second kappa shape index (κ2) is 6.19. The lowest BCUT2D eigenvalue weighted by Crippen LogP contribution is -2.29. The summed E-state index contributed by atoms with van der Waals surface area (Å²) in [5.74, 6) is 1.52. The van der Waals surface area contributed by atoms with Gasteiger partial charge in [0.25, 0.3) is 0 Å². The number of hydrogen-bond donors (Lipinski definition) is 2. The van der Waals surface area contributed by atoms with Gasteiger partial charge >= 0.3 is 0 Å². The molecule has 2 rings (SSSR count). The molecule has 19 heavy (non-hydrogen) atoms. The van der Waals surface area contributed by atoms with Crippen molar-refractivity contribution in [2.75, 3.05) is 11.1 Å². The van der Waals surface area contributed by atoms with Crippen molar-refractivity contribution in [3.05, 3.63) is 16.4 Å². The molecule has 106 valence electrons. The number of nitrogen functional groups attached to an aromatic ring is 1. The van der Waals surface area contributed by atoms with Crippen LogP contribution >= 0.6 is 23.2 Å². The second-order valence-corrected chi connectivity index (χ2v) is 6.40. The molecule has 0 amide bonds. The summed E-state index contributed by atoms with van der Waals surface area (Å²) in [6.07, 6.45) is 5.12. The van der Waals surface area contributed by atoms with Crippen LogP contribution in [0.2, 0.25) is 10.3 Å². The predicted octanol–water partition coefficient (Wildman–Crippen LogP) is 4.60. The Hall–Kier alpha value is -0.670. The maximum Gasteiger partial charge on any atom is 0.156 e. The van der Waals surface area contributed by atoms with Crippen molar-refractivity contribution in [2.24, 2.45) is 11.8 Å². The SMILES string of the molecule is CC1CCC(C(C)Nc2c(N)cc(Cl)nc2Cl)CC1. The lowest BCUT2D eigenvalue weighted by atomic mass is 9.79. The second-order valence-electron chi connectivity index (χ2n) is 5.65. The van der Waals surface area contributed by atoms with Gasteiger partial charge in [-0.3, -0.25) is 0 Å². The van der Waals surface area contributed by atoms with Crippen molar-refractivity contribution in [1.82, 2.24) is 4.98 Å². The van der Waals surface area contributed by atoms with Gasteiger partial charge in [-0.15, -0.1) is 0 Å². The van der Waals surface area contributed by atoms with E-state index in [2.05, 4.69) is 24.1 Å². The van der Waals surface area contributed by atoms with Gasteiger partial charge in [0.05, 0.1) is 11.4 Å². The summed E-state index contributed by atoms with van der Waals surface area (Å²) in [7, 11) is 0. The Labute approximate surface area is 124 Å². The fraction of sp³-hybridized carbons (Fsp3) is 0.643. The maximum absolute atomic E-state index is 6.10. The van der Waals surface area contributed by atoms with E-state index < -0.39 is 0 Å². The van der Waals surface area contributed by atoms with E-state index in [1.165, 1.54) is 25.7 Å². The third-order valence-electron chi connectivity index (χ3n) is 4.11. The Kier molecular flexibility index (Phi) is 4.80. The molecule has 1 aromatic heterocycles. The van der Waals surface area contributed by atoms with Crippen LogP contribution in [0.4, 0.5) is 11.4 Å². The van der Waals surface area contributed by atoms with Crippen molar-refractivity contribution in [3.8, 4) is 0 Å². The minimum Gasteiger partial charge on any atom is -0.397 e. The summed E-state index contributed by atoms with van der Waals surface area (Å²) < 4.78 is 0. The maximum atomic E-state index is 6.10. The van der Waals surface area contributed by atoms with E-state index in [0.717, 1.165) is 5.92 Å². The van der Waals surface area contributed by atoms with Gasteiger partial charge in [0.15, 0.2) is 5.15 Å². The quantitative estimate of drug-likeness (QED) is 0.802. The van der Waals surface area contributed by atoms with Gasteiger partial charge in [-0.25, -0.2) is 4.98 Å². The van der Waals surface area contributed by atoms with Gasteiger partial charge in [-0.2, -0.15) is 0 Å². The molecule has 3 N–H and O–H groups in total. The molecular weight excluding hydrogens is 281 g/mol. The minimum atomic E-state index is 0.326. The van der Waals surface area contributed by atoms with Crippen molar-refractivity contribution in [1.29, 1.82) is 0 Å². The minimum absolute atomic E-state index is 0.326. The number of rotatable bonds is 3. The topological polar surface area (TPSA) is 50.9 Å². The number of pyridine rings is 1. The van der Waals surface area contributed by atoms with Crippen LogP contribution in [0.15, 0.2) is 6.07 Å². The Balaban J connectivity index is 2.04. The van der Waals surface area contributed by atoms with E-state index in [-0.39, 0.29) is 0 Å². The van der Waals surface area contributed by atoms with Gasteiger partial charge in [0, 0.05) is 12.1 Å². The Morgan fingerprint density at radius 1 is 1.32 bits per heavy atom. The van der Waals surface area contributed by atoms with Gasteiger partial charge < -0.3 is 11.1 Å². The first-order chi connectivity index (χ1) is 8.97. The highest BCUT2D eigenvalue weighted by atomic mass is 35.5. The van der Waals surface area contributed by atoms with Gasteiger partial charge in [0.2, 0.25) is 0 Å². The highest BCUT2D eigenvalue weighted by Gasteiger charge is 2.24. The zero-order chi connectivity index (χ0) is 14.0. The number of hydrogen-bond acceptors (Lipinski definition) is 3. The molecule has 3 nitrogen and oxygen atoms in total. The standard InChI is InChI=1S/C14H21Cl2N3/c1-8-3-5-10(6-4-8)9(2)18-13-11(17)7-12(15)19-14(13)16/h7-10,18H,3-6H2,1-2H3,(H2,17,19). The summed E-state index contributed by atoms with van der Waals surface area (Å²) in [6.45, 7) is 4.51. The number of nitrogens with one attached hydrogen (secondary N) is 1. The Morgan fingerprint density at radius 2 is 1.95 bits per heavy atom. The summed E-state index contributed by atoms with van der Waals surface area (Å²) in [6, 6.07) is 1.97. The molecule has 0 bridgehead atoms. The molecule has 0 aliphatic heterocycles. The first-order valence-electron chi connectivity index (χ1n) is 6.85. The Bertz CT molecular complexity index is 419. The summed E-state index contributed by atoms with van der Waals surface area (Å²) in [4.78, 5) is 4.03. The summed E-state index contributed by atoms with van der Waals surface area (Å²) in [5.41, 5.74) is 7.21. The van der Waals surface area contributed by atoms with E-state index in [1.807, 2.05) is 0 Å². The molecule has 0 spiro atoms. The molecule has 1 saturated carbocycles. The predicted molar refractivity (Wildman–Crippen MR) is 82.9 cm³/mol. The van der Waals surface area contributed by atoms with Crippen LogP contribution in [0.1, 0.15) is 39.5 Å². The van der Waals surface area contributed by atoms with Gasteiger partial charge in [-0.05, 0) is 31.6 Å². The molecule has 1 unspecified atom stereocenters. The van der Waals surface area contributed by atoms with Crippen LogP contribution in [0.3, 0.4) is 0 Å². The summed E-state index contributed by atoms with van der Waals surface area (Å²) in [5, 5.41) is 4.09. The Morgan fingerprint density at radius 3 is 2.53 bits per heavy atom. The van der Waals surface area contributed by atoms with Crippen LogP contribution < -0.4 is 11.1 Å². The van der Waals surface area contributed by atoms with E-state index in [9.17, 15) is 0 Å².